The summed E-state index contributed by atoms with van der Waals surface area (Å²) in [6.07, 6.45) is -0.274. The molecule has 0 aliphatic carbocycles. The molecule has 0 amide bonds. The highest BCUT2D eigenvalue weighted by molar-refractivity contribution is 6.13. The second-order valence-corrected chi connectivity index (χ2v) is 10.7. The van der Waals surface area contributed by atoms with Crippen LogP contribution in [-0.4, -0.2) is 16.2 Å². The molecule has 0 saturated carbocycles. The van der Waals surface area contributed by atoms with Crippen LogP contribution in [0.3, 0.4) is 0 Å². The van der Waals surface area contributed by atoms with Crippen LogP contribution in [0, 0.1) is 0 Å². The summed E-state index contributed by atoms with van der Waals surface area (Å²) in [5.74, 6) is 1.53. The van der Waals surface area contributed by atoms with Crippen molar-refractivity contribution in [3.63, 3.8) is 0 Å². The molecule has 204 valence electrons. The lowest BCUT2D eigenvalue weighted by Crippen LogP contribution is -2.33. The summed E-state index contributed by atoms with van der Waals surface area (Å²) in [5, 5.41) is 6.11. The lowest BCUT2D eigenvalue weighted by Gasteiger charge is -2.24. The molecule has 1 unspecified atom stereocenters. The number of benzene rings is 6. The third-order valence-electron chi connectivity index (χ3n) is 8.09. The van der Waals surface area contributed by atoms with Crippen molar-refractivity contribution in [2.75, 3.05) is 0 Å². The molecular formula is C39H28N4. The highest BCUT2D eigenvalue weighted by Crippen LogP contribution is 2.32. The molecule has 2 heterocycles. The zero-order chi connectivity index (χ0) is 28.6. The maximum Gasteiger partial charge on any atom is 0.159 e. The fraction of sp³-hybridized carbons (Fsp3) is 0.0256. The molecule has 0 saturated heterocycles. The van der Waals surface area contributed by atoms with Gasteiger partial charge in [-0.3, -0.25) is 0 Å². The van der Waals surface area contributed by atoms with Gasteiger partial charge in [-0.2, -0.15) is 0 Å². The first-order valence-electron chi connectivity index (χ1n) is 14.5. The number of fused-ring (bicyclic) bond motifs is 3. The average molecular weight is 553 g/mol. The Morgan fingerprint density at radius 1 is 0.465 bits per heavy atom. The number of aromatic nitrogens is 1. The number of amidine groups is 2. The minimum atomic E-state index is -0.274. The molecule has 1 aliphatic heterocycles. The average Bonchev–Trinajstić information content (AvgIpc) is 3.43. The summed E-state index contributed by atoms with van der Waals surface area (Å²) in [7, 11) is 0. The summed E-state index contributed by atoms with van der Waals surface area (Å²) in [4.78, 5) is 10.1. The topological polar surface area (TPSA) is 41.7 Å². The molecule has 0 fully saturated rings. The molecule has 4 heteroatoms. The Hall–Kier alpha value is -5.74. The molecule has 7 aromatic rings. The summed E-state index contributed by atoms with van der Waals surface area (Å²) < 4.78 is 2.34. The third kappa shape index (κ3) is 4.59. The van der Waals surface area contributed by atoms with Gasteiger partial charge in [-0.15, -0.1) is 0 Å². The third-order valence-corrected chi connectivity index (χ3v) is 8.09. The van der Waals surface area contributed by atoms with E-state index in [1.165, 1.54) is 32.9 Å². The van der Waals surface area contributed by atoms with Gasteiger partial charge >= 0.3 is 0 Å². The highest BCUT2D eigenvalue weighted by Gasteiger charge is 2.21. The molecule has 0 radical (unpaired) electrons. The fourth-order valence-corrected chi connectivity index (χ4v) is 5.94. The molecule has 1 aliphatic rings. The van der Waals surface area contributed by atoms with Crippen molar-refractivity contribution in [1.29, 1.82) is 0 Å². The first kappa shape index (κ1) is 25.0. The Kier molecular flexibility index (Phi) is 6.16. The van der Waals surface area contributed by atoms with E-state index in [1.54, 1.807) is 0 Å². The van der Waals surface area contributed by atoms with E-state index in [4.69, 9.17) is 9.98 Å². The van der Waals surface area contributed by atoms with Crippen LogP contribution in [0.5, 0.6) is 0 Å². The van der Waals surface area contributed by atoms with E-state index >= 15 is 0 Å². The highest BCUT2D eigenvalue weighted by atomic mass is 15.2. The lowest BCUT2D eigenvalue weighted by atomic mass is 10.0. The van der Waals surface area contributed by atoms with E-state index in [1.807, 2.05) is 24.3 Å². The molecule has 0 bridgehead atoms. The molecule has 1 aromatic heterocycles. The fourth-order valence-electron chi connectivity index (χ4n) is 5.94. The Bertz CT molecular complexity index is 2070. The van der Waals surface area contributed by atoms with Gasteiger partial charge in [0.25, 0.3) is 0 Å². The quantitative estimate of drug-likeness (QED) is 0.228. The van der Waals surface area contributed by atoms with Gasteiger partial charge in [-0.1, -0.05) is 133 Å². The van der Waals surface area contributed by atoms with Crippen molar-refractivity contribution < 1.29 is 0 Å². The number of para-hydroxylation sites is 2. The minimum absolute atomic E-state index is 0.274. The molecular weight excluding hydrogens is 524 g/mol. The smallest absolute Gasteiger partial charge is 0.159 e. The molecule has 43 heavy (non-hydrogen) atoms. The van der Waals surface area contributed by atoms with Gasteiger partial charge in [0.2, 0.25) is 0 Å². The minimum Gasteiger partial charge on any atom is -0.344 e. The van der Waals surface area contributed by atoms with Gasteiger partial charge in [0.05, 0.1) is 11.0 Å². The summed E-state index contributed by atoms with van der Waals surface area (Å²) in [6, 6.07) is 55.1. The van der Waals surface area contributed by atoms with Crippen LogP contribution >= 0.6 is 0 Å². The molecule has 4 nitrogen and oxygen atoms in total. The Balaban J connectivity index is 1.17. The Labute approximate surface area is 250 Å². The number of nitrogens with one attached hydrogen (secondary N) is 1. The van der Waals surface area contributed by atoms with Crippen molar-refractivity contribution in [1.82, 2.24) is 9.88 Å². The SMILES string of the molecule is c1ccc(C2=NC(c3ccc(-c4ccccc4)cc3)=NC(c3ccc(-n4c5ccccc5c5ccccc54)cc3)N2)cc1. The lowest BCUT2D eigenvalue weighted by molar-refractivity contribution is 0.674. The standard InChI is InChI=1S/C39H28N4/c1-3-11-27(12-4-1)28-19-21-30(22-20-28)38-40-37(29-13-5-2-6-14-29)41-39(42-38)31-23-25-32(26-24-31)43-35-17-9-7-15-33(35)34-16-8-10-18-36(34)43/h1-26,39H,(H,40,41,42). The van der Waals surface area contributed by atoms with Crippen molar-refractivity contribution in [3.8, 4) is 16.8 Å². The predicted molar refractivity (Wildman–Crippen MR) is 178 cm³/mol. The van der Waals surface area contributed by atoms with Gasteiger partial charge in [-0.05, 0) is 41.0 Å². The van der Waals surface area contributed by atoms with Gasteiger partial charge < -0.3 is 9.88 Å². The largest absolute Gasteiger partial charge is 0.344 e. The van der Waals surface area contributed by atoms with E-state index in [0.29, 0.717) is 5.84 Å². The first-order valence-corrected chi connectivity index (χ1v) is 14.5. The number of rotatable bonds is 5. The van der Waals surface area contributed by atoms with Crippen molar-refractivity contribution >= 4 is 33.5 Å². The van der Waals surface area contributed by atoms with Crippen molar-refractivity contribution in [2.45, 2.75) is 6.17 Å². The van der Waals surface area contributed by atoms with E-state index in [9.17, 15) is 0 Å². The predicted octanol–water partition coefficient (Wildman–Crippen LogP) is 8.95. The van der Waals surface area contributed by atoms with Crippen LogP contribution in [0.2, 0.25) is 0 Å². The van der Waals surface area contributed by atoms with Crippen LogP contribution in [-0.2, 0) is 0 Å². The Morgan fingerprint density at radius 2 is 0.977 bits per heavy atom. The Morgan fingerprint density at radius 3 is 1.60 bits per heavy atom. The zero-order valence-corrected chi connectivity index (χ0v) is 23.4. The van der Waals surface area contributed by atoms with Crippen molar-refractivity contribution in [2.24, 2.45) is 9.98 Å². The monoisotopic (exact) mass is 552 g/mol. The van der Waals surface area contributed by atoms with E-state index < -0.39 is 0 Å². The number of nitrogens with zero attached hydrogens (tertiary/aromatic N) is 3. The second-order valence-electron chi connectivity index (χ2n) is 10.7. The maximum absolute atomic E-state index is 5.10. The van der Waals surface area contributed by atoms with Crippen molar-refractivity contribution in [3.05, 3.63) is 174 Å². The van der Waals surface area contributed by atoms with Crippen LogP contribution in [0.25, 0.3) is 38.6 Å². The number of aliphatic imine (C=N–C) groups is 2. The first-order chi connectivity index (χ1) is 21.3. The summed E-state index contributed by atoms with van der Waals surface area (Å²) >= 11 is 0. The van der Waals surface area contributed by atoms with Gasteiger partial charge in [0.1, 0.15) is 12.0 Å². The van der Waals surface area contributed by atoms with Crippen LogP contribution < -0.4 is 5.32 Å². The summed E-state index contributed by atoms with van der Waals surface area (Å²) in [5.41, 5.74) is 8.97. The maximum atomic E-state index is 5.10. The number of hydrogen-bond donors (Lipinski definition) is 1. The van der Waals surface area contributed by atoms with Gasteiger partial charge in [-0.25, -0.2) is 9.98 Å². The van der Waals surface area contributed by atoms with Crippen LogP contribution in [0.1, 0.15) is 22.9 Å². The number of hydrogen-bond acceptors (Lipinski definition) is 3. The summed E-state index contributed by atoms with van der Waals surface area (Å²) in [6.45, 7) is 0. The molecule has 0 spiro atoms. The molecule has 1 atom stereocenters. The van der Waals surface area contributed by atoms with E-state index in [0.717, 1.165) is 28.2 Å². The van der Waals surface area contributed by atoms with Gasteiger partial charge in [0.15, 0.2) is 5.84 Å². The van der Waals surface area contributed by atoms with Crippen LogP contribution in [0.4, 0.5) is 0 Å². The van der Waals surface area contributed by atoms with Gasteiger partial charge in [0, 0.05) is 27.6 Å². The normalized spacial score (nSPS) is 14.7. The second kappa shape index (κ2) is 10.6. The molecule has 8 rings (SSSR count). The molecule has 6 aromatic carbocycles. The van der Waals surface area contributed by atoms with E-state index in [2.05, 4.69) is 143 Å². The zero-order valence-electron chi connectivity index (χ0n) is 23.4. The molecule has 1 N–H and O–H groups in total. The van der Waals surface area contributed by atoms with Crippen LogP contribution in [0.15, 0.2) is 168 Å². The van der Waals surface area contributed by atoms with E-state index in [-0.39, 0.29) is 6.17 Å².